The van der Waals surface area contributed by atoms with Crippen LogP contribution in [-0.4, -0.2) is 29.5 Å². The van der Waals surface area contributed by atoms with Gasteiger partial charge in [0.2, 0.25) is 0 Å². The fourth-order valence-electron chi connectivity index (χ4n) is 4.07. The summed E-state index contributed by atoms with van der Waals surface area (Å²) in [6.45, 7) is 6.20. The van der Waals surface area contributed by atoms with E-state index in [0.717, 1.165) is 0 Å². The molecule has 7 heteroatoms. The van der Waals surface area contributed by atoms with Gasteiger partial charge in [-0.3, -0.25) is 14.5 Å². The average molecular weight is 492 g/mol. The van der Waals surface area contributed by atoms with Gasteiger partial charge in [-0.1, -0.05) is 35.9 Å². The summed E-state index contributed by atoms with van der Waals surface area (Å²) < 4.78 is 11.3. The number of nitrogens with zero attached hydrogens (tertiary/aromatic N) is 1. The third-order valence-electron chi connectivity index (χ3n) is 5.54. The van der Waals surface area contributed by atoms with Gasteiger partial charge < -0.3 is 14.6 Å². The van der Waals surface area contributed by atoms with Crippen LogP contribution in [0.1, 0.15) is 37.9 Å². The summed E-state index contributed by atoms with van der Waals surface area (Å²) in [6.07, 6.45) is -0.0632. The minimum atomic E-state index is -0.846. The van der Waals surface area contributed by atoms with Gasteiger partial charge in [-0.15, -0.1) is 0 Å². The van der Waals surface area contributed by atoms with Crippen molar-refractivity contribution in [2.75, 3.05) is 11.5 Å². The van der Waals surface area contributed by atoms with Crippen LogP contribution in [0.2, 0.25) is 5.02 Å². The number of halogens is 1. The van der Waals surface area contributed by atoms with Gasteiger partial charge in [-0.25, -0.2) is 0 Å². The van der Waals surface area contributed by atoms with E-state index in [9.17, 15) is 14.7 Å². The van der Waals surface area contributed by atoms with Crippen LogP contribution < -0.4 is 14.4 Å². The third kappa shape index (κ3) is 5.03. The number of carbonyl (C=O) groups excluding carboxylic acids is 2. The van der Waals surface area contributed by atoms with Crippen LogP contribution in [-0.2, 0) is 9.59 Å². The molecule has 1 aliphatic heterocycles. The molecule has 1 amide bonds. The molecule has 0 saturated carbocycles. The van der Waals surface area contributed by atoms with E-state index in [1.807, 2.05) is 20.8 Å². The first-order valence-corrected chi connectivity index (χ1v) is 11.7. The van der Waals surface area contributed by atoms with Crippen LogP contribution in [0.15, 0.2) is 78.4 Å². The Kier molecular flexibility index (Phi) is 7.12. The number of ketones is 1. The van der Waals surface area contributed by atoms with Crippen molar-refractivity contribution >= 4 is 34.7 Å². The number of hydrogen-bond donors (Lipinski definition) is 1. The van der Waals surface area contributed by atoms with Crippen LogP contribution in [0.3, 0.4) is 0 Å². The predicted octanol–water partition coefficient (Wildman–Crippen LogP) is 6.15. The standard InChI is InChI=1S/C28H26ClNO5/c1-4-34-22-14-8-18(9-15-22)25-24(26(31)19-6-5-7-23(16-19)35-17(2)3)27(32)28(33)30(25)21-12-10-20(29)11-13-21/h5-17,25,31H,4H2,1-3H3/b26-24-. The molecule has 1 N–H and O–H groups in total. The average Bonchev–Trinajstić information content (AvgIpc) is 3.10. The minimum Gasteiger partial charge on any atom is -0.507 e. The molecule has 6 nitrogen and oxygen atoms in total. The summed E-state index contributed by atoms with van der Waals surface area (Å²) in [6, 6.07) is 19.8. The summed E-state index contributed by atoms with van der Waals surface area (Å²) >= 11 is 6.05. The fourth-order valence-corrected chi connectivity index (χ4v) is 4.20. The summed E-state index contributed by atoms with van der Waals surface area (Å²) in [5, 5.41) is 11.8. The number of benzene rings is 3. The van der Waals surface area contributed by atoms with E-state index in [1.165, 1.54) is 4.90 Å². The highest BCUT2D eigenvalue weighted by Gasteiger charge is 2.47. The van der Waals surface area contributed by atoms with Crippen LogP contribution in [0.4, 0.5) is 5.69 Å². The largest absolute Gasteiger partial charge is 0.507 e. The molecule has 180 valence electrons. The molecule has 0 spiro atoms. The Morgan fingerprint density at radius 1 is 1.00 bits per heavy atom. The molecule has 0 aliphatic carbocycles. The zero-order valence-corrected chi connectivity index (χ0v) is 20.5. The zero-order chi connectivity index (χ0) is 25.1. The van der Waals surface area contributed by atoms with E-state index in [1.54, 1.807) is 72.8 Å². The van der Waals surface area contributed by atoms with E-state index in [2.05, 4.69) is 0 Å². The Morgan fingerprint density at radius 3 is 2.31 bits per heavy atom. The first kappa shape index (κ1) is 24.4. The quantitative estimate of drug-likeness (QED) is 0.243. The van der Waals surface area contributed by atoms with Gasteiger partial charge in [0.1, 0.15) is 17.3 Å². The number of anilines is 1. The van der Waals surface area contributed by atoms with Gasteiger partial charge in [0.05, 0.1) is 24.3 Å². The lowest BCUT2D eigenvalue weighted by molar-refractivity contribution is -0.132. The number of ether oxygens (including phenoxy) is 2. The SMILES string of the molecule is CCOc1ccc(C2/C(=C(/O)c3cccc(OC(C)C)c3)C(=O)C(=O)N2c2ccc(Cl)cc2)cc1. The zero-order valence-electron chi connectivity index (χ0n) is 19.7. The molecule has 35 heavy (non-hydrogen) atoms. The summed E-state index contributed by atoms with van der Waals surface area (Å²) in [5.41, 5.74) is 1.52. The van der Waals surface area contributed by atoms with Gasteiger partial charge in [-0.2, -0.15) is 0 Å². The molecule has 1 aliphatic rings. The highest BCUT2D eigenvalue weighted by molar-refractivity contribution is 6.51. The number of hydrogen-bond acceptors (Lipinski definition) is 5. The normalized spacial score (nSPS) is 17.2. The highest BCUT2D eigenvalue weighted by atomic mass is 35.5. The maximum absolute atomic E-state index is 13.3. The van der Waals surface area contributed by atoms with E-state index in [0.29, 0.717) is 39.9 Å². The van der Waals surface area contributed by atoms with Gasteiger partial charge in [0.25, 0.3) is 11.7 Å². The van der Waals surface area contributed by atoms with Gasteiger partial charge in [0.15, 0.2) is 0 Å². The number of rotatable bonds is 7. The Morgan fingerprint density at radius 2 is 1.69 bits per heavy atom. The third-order valence-corrected chi connectivity index (χ3v) is 5.79. The molecule has 3 aromatic carbocycles. The number of aliphatic hydroxyl groups excluding tert-OH is 1. The molecule has 0 aromatic heterocycles. The van der Waals surface area contributed by atoms with Crippen LogP contribution in [0, 0.1) is 0 Å². The van der Waals surface area contributed by atoms with Crippen LogP contribution in [0.25, 0.3) is 5.76 Å². The fraction of sp³-hybridized carbons (Fsp3) is 0.214. The number of carbonyl (C=O) groups is 2. The van der Waals surface area contributed by atoms with Crippen molar-refractivity contribution in [2.24, 2.45) is 0 Å². The van der Waals surface area contributed by atoms with Crippen molar-refractivity contribution in [1.82, 2.24) is 0 Å². The Balaban J connectivity index is 1.87. The number of amides is 1. The van der Waals surface area contributed by atoms with Gasteiger partial charge in [0, 0.05) is 16.3 Å². The Hall–Kier alpha value is -3.77. The van der Waals surface area contributed by atoms with E-state index in [4.69, 9.17) is 21.1 Å². The maximum Gasteiger partial charge on any atom is 0.300 e. The lowest BCUT2D eigenvalue weighted by Gasteiger charge is -2.25. The monoisotopic (exact) mass is 491 g/mol. The molecule has 1 atom stereocenters. The molecule has 0 bridgehead atoms. The summed E-state index contributed by atoms with van der Waals surface area (Å²) in [7, 11) is 0. The van der Waals surface area contributed by atoms with Crippen molar-refractivity contribution in [3.05, 3.63) is 94.5 Å². The topological polar surface area (TPSA) is 76.1 Å². The van der Waals surface area contributed by atoms with Crippen LogP contribution in [0.5, 0.6) is 11.5 Å². The molecule has 1 heterocycles. The molecule has 1 saturated heterocycles. The van der Waals surface area contributed by atoms with E-state index >= 15 is 0 Å². The van der Waals surface area contributed by atoms with Crippen molar-refractivity contribution in [3.63, 3.8) is 0 Å². The van der Waals surface area contributed by atoms with Gasteiger partial charge in [-0.05, 0) is 74.9 Å². The summed E-state index contributed by atoms with van der Waals surface area (Å²) in [5.74, 6) is -0.561. The molecular formula is C28H26ClNO5. The number of Topliss-reactive ketones (excluding diaryl/α,β-unsaturated/α-hetero) is 1. The van der Waals surface area contributed by atoms with Crippen molar-refractivity contribution in [3.8, 4) is 11.5 Å². The maximum atomic E-state index is 13.3. The predicted molar refractivity (Wildman–Crippen MR) is 136 cm³/mol. The molecule has 1 unspecified atom stereocenters. The minimum absolute atomic E-state index is 0.00388. The smallest absolute Gasteiger partial charge is 0.300 e. The second kappa shape index (κ2) is 10.2. The van der Waals surface area contributed by atoms with Gasteiger partial charge >= 0.3 is 0 Å². The molecule has 1 fully saturated rings. The number of aliphatic hydroxyl groups is 1. The summed E-state index contributed by atoms with van der Waals surface area (Å²) in [4.78, 5) is 27.9. The Labute approximate surface area is 209 Å². The molecule has 3 aromatic rings. The van der Waals surface area contributed by atoms with Crippen molar-refractivity contribution in [1.29, 1.82) is 0 Å². The molecule has 4 rings (SSSR count). The van der Waals surface area contributed by atoms with E-state index in [-0.39, 0.29) is 17.4 Å². The Bertz CT molecular complexity index is 1270. The van der Waals surface area contributed by atoms with Crippen molar-refractivity contribution in [2.45, 2.75) is 32.9 Å². The van der Waals surface area contributed by atoms with Crippen LogP contribution >= 0.6 is 11.6 Å². The molecule has 0 radical (unpaired) electrons. The second-order valence-electron chi connectivity index (χ2n) is 8.34. The lowest BCUT2D eigenvalue weighted by atomic mass is 9.95. The van der Waals surface area contributed by atoms with E-state index < -0.39 is 17.7 Å². The van der Waals surface area contributed by atoms with Crippen molar-refractivity contribution < 1.29 is 24.2 Å². The first-order valence-electron chi connectivity index (χ1n) is 11.4. The second-order valence-corrected chi connectivity index (χ2v) is 8.78. The highest BCUT2D eigenvalue weighted by Crippen LogP contribution is 2.43. The lowest BCUT2D eigenvalue weighted by Crippen LogP contribution is -2.29. The molecular weight excluding hydrogens is 466 g/mol. The first-order chi connectivity index (χ1) is 16.8.